The van der Waals surface area contributed by atoms with Gasteiger partial charge in [-0.05, 0) is 38.1 Å². The van der Waals surface area contributed by atoms with Crippen LogP contribution in [0.25, 0.3) is 0 Å². The maximum absolute atomic E-state index is 9.60. The minimum Gasteiger partial charge on any atom is -0.299 e. The number of hydrogen-bond acceptors (Lipinski definition) is 5. The zero-order valence-corrected chi connectivity index (χ0v) is 13.1. The molecule has 2 unspecified atom stereocenters. The van der Waals surface area contributed by atoms with Gasteiger partial charge in [-0.2, -0.15) is 10.4 Å². The average molecular weight is 293 g/mol. The highest BCUT2D eigenvalue weighted by Gasteiger charge is 2.42. The molecule has 0 spiro atoms. The summed E-state index contributed by atoms with van der Waals surface area (Å²) >= 11 is 1.73. The lowest BCUT2D eigenvalue weighted by atomic mass is 9.86. The third-order valence-corrected chi connectivity index (χ3v) is 5.15. The third-order valence-electron chi connectivity index (χ3n) is 4.08. The van der Waals surface area contributed by atoms with Gasteiger partial charge in [-0.1, -0.05) is 25.1 Å². The van der Waals surface area contributed by atoms with E-state index >= 15 is 0 Å². The molecule has 1 saturated carbocycles. The number of nitrogens with one attached hydrogen (secondary N) is 1. The number of thioether (sulfide) groups is 1. The van der Waals surface area contributed by atoms with Crippen molar-refractivity contribution in [3.63, 3.8) is 0 Å². The molecule has 2 atom stereocenters. The lowest BCUT2D eigenvalue weighted by Crippen LogP contribution is -2.47. The fraction of sp³-hybridized carbons (Fsp3) is 0.786. The van der Waals surface area contributed by atoms with E-state index in [1.54, 1.807) is 22.8 Å². The Kier molecular flexibility index (Phi) is 5.44. The first-order valence-corrected chi connectivity index (χ1v) is 8.33. The summed E-state index contributed by atoms with van der Waals surface area (Å²) in [4.78, 5) is 4.22. The van der Waals surface area contributed by atoms with Gasteiger partial charge in [0.1, 0.15) is 11.9 Å². The van der Waals surface area contributed by atoms with Gasteiger partial charge >= 0.3 is 0 Å². The second-order valence-corrected chi connectivity index (χ2v) is 6.46. The Hall–Kier alpha value is -1.06. The molecule has 0 aliphatic heterocycles. The van der Waals surface area contributed by atoms with Crippen LogP contribution in [-0.4, -0.2) is 32.6 Å². The highest BCUT2D eigenvalue weighted by atomic mass is 32.2. The second kappa shape index (κ2) is 7.09. The molecule has 0 amide bonds. The second-order valence-electron chi connectivity index (χ2n) is 5.40. The van der Waals surface area contributed by atoms with E-state index in [0.29, 0.717) is 5.92 Å². The van der Waals surface area contributed by atoms with E-state index in [1.165, 1.54) is 0 Å². The van der Waals surface area contributed by atoms with Gasteiger partial charge in [0.25, 0.3) is 0 Å². The molecule has 1 heterocycles. The fourth-order valence-electron chi connectivity index (χ4n) is 2.94. The molecule has 1 aromatic rings. The van der Waals surface area contributed by atoms with Gasteiger partial charge in [-0.25, -0.2) is 9.67 Å². The Morgan fingerprint density at radius 3 is 3.15 bits per heavy atom. The zero-order chi connectivity index (χ0) is 14.4. The van der Waals surface area contributed by atoms with E-state index in [4.69, 9.17) is 0 Å². The SMILES string of the molecule is CCCNC1(C#N)CCCC1CCSc1ncnn1C. The minimum absolute atomic E-state index is 0.295. The number of rotatable bonds is 7. The highest BCUT2D eigenvalue weighted by Crippen LogP contribution is 2.38. The van der Waals surface area contributed by atoms with Crippen LogP contribution in [0.3, 0.4) is 0 Å². The molecule has 0 bridgehead atoms. The van der Waals surface area contributed by atoms with Crippen LogP contribution in [0.1, 0.15) is 39.0 Å². The monoisotopic (exact) mass is 293 g/mol. The van der Waals surface area contributed by atoms with Gasteiger partial charge in [0.05, 0.1) is 6.07 Å². The van der Waals surface area contributed by atoms with E-state index in [-0.39, 0.29) is 5.54 Å². The van der Waals surface area contributed by atoms with Crippen LogP contribution < -0.4 is 5.32 Å². The van der Waals surface area contributed by atoms with Crippen LogP contribution in [0.15, 0.2) is 11.5 Å². The van der Waals surface area contributed by atoms with Crippen LogP contribution in [0.5, 0.6) is 0 Å². The normalized spacial score (nSPS) is 25.8. The number of hydrogen-bond donors (Lipinski definition) is 1. The van der Waals surface area contributed by atoms with Crippen LogP contribution in [0, 0.1) is 17.2 Å². The van der Waals surface area contributed by atoms with Gasteiger partial charge in [-0.3, -0.25) is 5.32 Å². The predicted octanol–water partition coefficient (Wildman–Crippen LogP) is 2.36. The van der Waals surface area contributed by atoms with Crippen molar-refractivity contribution in [3.8, 4) is 6.07 Å². The van der Waals surface area contributed by atoms with Crippen molar-refractivity contribution in [2.45, 2.75) is 49.7 Å². The first-order chi connectivity index (χ1) is 9.72. The first-order valence-electron chi connectivity index (χ1n) is 7.35. The molecule has 0 radical (unpaired) electrons. The van der Waals surface area contributed by atoms with E-state index in [2.05, 4.69) is 28.4 Å². The van der Waals surface area contributed by atoms with Crippen LogP contribution >= 0.6 is 11.8 Å². The molecule has 2 rings (SSSR count). The van der Waals surface area contributed by atoms with E-state index in [1.807, 2.05) is 7.05 Å². The Morgan fingerprint density at radius 1 is 1.65 bits per heavy atom. The lowest BCUT2D eigenvalue weighted by Gasteiger charge is -2.29. The molecule has 0 aromatic carbocycles. The molecule has 1 aliphatic rings. The maximum atomic E-state index is 9.60. The summed E-state index contributed by atoms with van der Waals surface area (Å²) in [5.41, 5.74) is -0.295. The summed E-state index contributed by atoms with van der Waals surface area (Å²) in [6.07, 6.45) is 7.02. The smallest absolute Gasteiger partial charge is 0.185 e. The van der Waals surface area contributed by atoms with Crippen LogP contribution in [0.4, 0.5) is 0 Å². The highest BCUT2D eigenvalue weighted by molar-refractivity contribution is 7.99. The molecular formula is C14H23N5S. The molecule has 5 nitrogen and oxygen atoms in total. The maximum Gasteiger partial charge on any atom is 0.185 e. The van der Waals surface area contributed by atoms with E-state index < -0.39 is 0 Å². The molecule has 1 fully saturated rings. The summed E-state index contributed by atoms with van der Waals surface area (Å²) in [5, 5.41) is 18.1. The summed E-state index contributed by atoms with van der Waals surface area (Å²) in [5.74, 6) is 1.45. The molecular weight excluding hydrogens is 270 g/mol. The van der Waals surface area contributed by atoms with E-state index in [0.717, 1.165) is 49.6 Å². The number of nitrogens with zero attached hydrogens (tertiary/aromatic N) is 4. The fourth-order valence-corrected chi connectivity index (χ4v) is 3.89. The van der Waals surface area contributed by atoms with Crippen LogP contribution in [0.2, 0.25) is 0 Å². The minimum atomic E-state index is -0.295. The Labute approximate surface area is 125 Å². The largest absolute Gasteiger partial charge is 0.299 e. The molecule has 1 aromatic heterocycles. The standard InChI is InChI=1S/C14H23N5S/c1-3-8-17-14(10-15)7-4-5-12(14)6-9-20-13-16-11-18-19(13)2/h11-12,17H,3-9H2,1-2H3. The molecule has 110 valence electrons. The van der Waals surface area contributed by atoms with Crippen molar-refractivity contribution in [2.24, 2.45) is 13.0 Å². The van der Waals surface area contributed by atoms with Crippen molar-refractivity contribution >= 4 is 11.8 Å². The van der Waals surface area contributed by atoms with E-state index in [9.17, 15) is 5.26 Å². The molecule has 6 heteroatoms. The average Bonchev–Trinajstić information content (AvgIpc) is 3.04. The van der Waals surface area contributed by atoms with Gasteiger partial charge in [0, 0.05) is 12.8 Å². The Morgan fingerprint density at radius 2 is 2.50 bits per heavy atom. The lowest BCUT2D eigenvalue weighted by molar-refractivity contribution is 0.311. The first kappa shape index (κ1) is 15.3. The van der Waals surface area contributed by atoms with Gasteiger partial charge < -0.3 is 0 Å². The number of aryl methyl sites for hydroxylation is 1. The van der Waals surface area contributed by atoms with Gasteiger partial charge in [-0.15, -0.1) is 0 Å². The molecule has 0 saturated heterocycles. The summed E-state index contributed by atoms with van der Waals surface area (Å²) < 4.78 is 1.80. The number of nitriles is 1. The summed E-state index contributed by atoms with van der Waals surface area (Å²) in [7, 11) is 1.91. The van der Waals surface area contributed by atoms with Crippen molar-refractivity contribution in [1.29, 1.82) is 5.26 Å². The topological polar surface area (TPSA) is 66.5 Å². The number of aromatic nitrogens is 3. The van der Waals surface area contributed by atoms with Crippen molar-refractivity contribution < 1.29 is 0 Å². The Balaban J connectivity index is 1.87. The third kappa shape index (κ3) is 3.33. The quantitative estimate of drug-likeness (QED) is 0.782. The predicted molar refractivity (Wildman–Crippen MR) is 80.3 cm³/mol. The van der Waals surface area contributed by atoms with Gasteiger partial charge in [0.15, 0.2) is 5.16 Å². The molecule has 1 aliphatic carbocycles. The zero-order valence-electron chi connectivity index (χ0n) is 12.3. The summed E-state index contributed by atoms with van der Waals surface area (Å²) in [6.45, 7) is 3.08. The summed E-state index contributed by atoms with van der Waals surface area (Å²) in [6, 6.07) is 2.56. The van der Waals surface area contributed by atoms with Crippen molar-refractivity contribution in [2.75, 3.05) is 12.3 Å². The van der Waals surface area contributed by atoms with Crippen molar-refractivity contribution in [3.05, 3.63) is 6.33 Å². The van der Waals surface area contributed by atoms with Crippen LogP contribution in [-0.2, 0) is 7.05 Å². The molecule has 1 N–H and O–H groups in total. The Bertz CT molecular complexity index is 466. The van der Waals surface area contributed by atoms with Gasteiger partial charge in [0.2, 0.25) is 0 Å². The molecule has 20 heavy (non-hydrogen) atoms. The van der Waals surface area contributed by atoms with Crippen molar-refractivity contribution in [1.82, 2.24) is 20.1 Å².